The Hall–Kier alpha value is -0.620. The molecule has 1 aromatic carbocycles. The summed E-state index contributed by atoms with van der Waals surface area (Å²) in [4.78, 5) is 0. The minimum absolute atomic E-state index is 0.209. The summed E-state index contributed by atoms with van der Waals surface area (Å²) in [7, 11) is 0. The molecular weight excluding hydrogens is 322 g/mol. The average Bonchev–Trinajstić information content (AvgIpc) is 2.94. The highest BCUT2D eigenvalue weighted by Gasteiger charge is 2.16. The Morgan fingerprint density at radius 3 is 3.15 bits per heavy atom. The van der Waals surface area contributed by atoms with Crippen molar-refractivity contribution in [2.45, 2.75) is 32.0 Å². The molecule has 2 unspecified atom stereocenters. The Bertz CT molecular complexity index is 422. The molecule has 2 N–H and O–H groups in total. The lowest BCUT2D eigenvalue weighted by Gasteiger charge is -2.16. The number of aryl methyl sites for hydroxylation is 1. The highest BCUT2D eigenvalue weighted by Crippen LogP contribution is 2.25. The number of rotatable bonds is 7. The molecule has 1 aliphatic rings. The van der Waals surface area contributed by atoms with E-state index in [-0.39, 0.29) is 6.10 Å². The fourth-order valence-electron chi connectivity index (χ4n) is 2.18. The Morgan fingerprint density at radius 1 is 1.55 bits per heavy atom. The number of nitrogens with one attached hydrogen (secondary N) is 1. The highest BCUT2D eigenvalue weighted by molar-refractivity contribution is 9.10. The van der Waals surface area contributed by atoms with Crippen LogP contribution in [0.1, 0.15) is 18.4 Å². The summed E-state index contributed by atoms with van der Waals surface area (Å²) >= 11 is 3.54. The molecule has 0 aromatic heterocycles. The molecule has 5 heteroatoms. The van der Waals surface area contributed by atoms with Gasteiger partial charge in [0, 0.05) is 23.3 Å². The van der Waals surface area contributed by atoms with E-state index < -0.39 is 6.10 Å². The minimum Gasteiger partial charge on any atom is -0.389 e. The SMILES string of the molecule is Cc1cccc(NCC(O)COCC2CCCO2)c1Br. The van der Waals surface area contributed by atoms with Crippen molar-refractivity contribution in [3.8, 4) is 0 Å². The smallest absolute Gasteiger partial charge is 0.0945 e. The minimum atomic E-state index is -0.524. The first-order valence-electron chi connectivity index (χ1n) is 7.03. The van der Waals surface area contributed by atoms with Crippen LogP contribution in [0.4, 0.5) is 5.69 Å². The summed E-state index contributed by atoms with van der Waals surface area (Å²) in [5.74, 6) is 0. The average molecular weight is 344 g/mol. The van der Waals surface area contributed by atoms with E-state index in [9.17, 15) is 5.11 Å². The molecule has 0 amide bonds. The summed E-state index contributed by atoms with van der Waals surface area (Å²) in [5, 5.41) is 13.1. The topological polar surface area (TPSA) is 50.7 Å². The van der Waals surface area contributed by atoms with Gasteiger partial charge in [-0.2, -0.15) is 0 Å². The molecule has 4 nitrogen and oxygen atoms in total. The van der Waals surface area contributed by atoms with Crippen LogP contribution in [0.2, 0.25) is 0 Å². The van der Waals surface area contributed by atoms with Gasteiger partial charge in [0.1, 0.15) is 0 Å². The standard InChI is InChI=1S/C15H22BrNO3/c1-11-4-2-6-14(15(11)16)17-8-12(18)9-19-10-13-5-3-7-20-13/h2,4,6,12-13,17-18H,3,5,7-10H2,1H3. The van der Waals surface area contributed by atoms with Gasteiger partial charge in [0.25, 0.3) is 0 Å². The summed E-state index contributed by atoms with van der Waals surface area (Å²) in [6.07, 6.45) is 1.86. The molecule has 2 atom stereocenters. The second-order valence-electron chi connectivity index (χ2n) is 5.14. The molecule has 1 aromatic rings. The number of aliphatic hydroxyl groups is 1. The van der Waals surface area contributed by atoms with E-state index >= 15 is 0 Å². The van der Waals surface area contributed by atoms with E-state index in [1.54, 1.807) is 0 Å². The predicted molar refractivity (Wildman–Crippen MR) is 83.2 cm³/mol. The van der Waals surface area contributed by atoms with Crippen LogP contribution in [0.3, 0.4) is 0 Å². The Kier molecular flexibility index (Phi) is 6.29. The first-order chi connectivity index (χ1) is 9.66. The largest absolute Gasteiger partial charge is 0.389 e. The number of benzene rings is 1. The number of hydrogen-bond donors (Lipinski definition) is 2. The molecule has 2 rings (SSSR count). The summed E-state index contributed by atoms with van der Waals surface area (Å²) in [6, 6.07) is 6.01. The third kappa shape index (κ3) is 4.74. The van der Waals surface area contributed by atoms with Crippen LogP contribution in [-0.4, -0.2) is 43.7 Å². The molecule has 1 fully saturated rings. The van der Waals surface area contributed by atoms with Crippen molar-refractivity contribution in [1.82, 2.24) is 0 Å². The second kappa shape index (κ2) is 7.98. The number of aliphatic hydroxyl groups excluding tert-OH is 1. The van der Waals surface area contributed by atoms with Crippen LogP contribution in [0.5, 0.6) is 0 Å². The number of halogens is 1. The quantitative estimate of drug-likeness (QED) is 0.799. The van der Waals surface area contributed by atoms with Crippen molar-refractivity contribution in [2.75, 3.05) is 31.7 Å². The zero-order valence-corrected chi connectivity index (χ0v) is 13.4. The molecule has 20 heavy (non-hydrogen) atoms. The highest BCUT2D eigenvalue weighted by atomic mass is 79.9. The first kappa shape index (κ1) is 15.8. The van der Waals surface area contributed by atoms with E-state index in [0.29, 0.717) is 19.8 Å². The Labute approximate surface area is 128 Å². The molecule has 1 heterocycles. The lowest BCUT2D eigenvalue weighted by atomic mass is 10.2. The summed E-state index contributed by atoms with van der Waals surface area (Å²) < 4.78 is 12.0. The maximum absolute atomic E-state index is 9.90. The third-order valence-corrected chi connectivity index (χ3v) is 4.41. The van der Waals surface area contributed by atoms with Crippen molar-refractivity contribution < 1.29 is 14.6 Å². The fourth-order valence-corrected chi connectivity index (χ4v) is 2.59. The van der Waals surface area contributed by atoms with Crippen LogP contribution in [0.25, 0.3) is 0 Å². The zero-order valence-electron chi connectivity index (χ0n) is 11.8. The molecule has 0 radical (unpaired) electrons. The van der Waals surface area contributed by atoms with Crippen molar-refractivity contribution >= 4 is 21.6 Å². The van der Waals surface area contributed by atoms with Gasteiger partial charge in [-0.3, -0.25) is 0 Å². The first-order valence-corrected chi connectivity index (χ1v) is 7.82. The van der Waals surface area contributed by atoms with Gasteiger partial charge in [-0.15, -0.1) is 0 Å². The summed E-state index contributed by atoms with van der Waals surface area (Å²) in [6.45, 7) is 4.24. The van der Waals surface area contributed by atoms with E-state index in [2.05, 4.69) is 21.2 Å². The van der Waals surface area contributed by atoms with Crippen LogP contribution < -0.4 is 5.32 Å². The van der Waals surface area contributed by atoms with Gasteiger partial charge in [0.05, 0.1) is 25.4 Å². The normalized spacial score (nSPS) is 20.1. The molecular formula is C15H22BrNO3. The van der Waals surface area contributed by atoms with Gasteiger partial charge in [0.2, 0.25) is 0 Å². The maximum Gasteiger partial charge on any atom is 0.0945 e. The second-order valence-corrected chi connectivity index (χ2v) is 5.94. The van der Waals surface area contributed by atoms with Crippen molar-refractivity contribution in [2.24, 2.45) is 0 Å². The fraction of sp³-hybridized carbons (Fsp3) is 0.600. The molecule has 1 saturated heterocycles. The maximum atomic E-state index is 9.90. The van der Waals surface area contributed by atoms with E-state index in [1.807, 2.05) is 25.1 Å². The molecule has 0 bridgehead atoms. The van der Waals surface area contributed by atoms with Gasteiger partial charge in [-0.05, 0) is 47.3 Å². The number of anilines is 1. The van der Waals surface area contributed by atoms with Gasteiger partial charge in [-0.1, -0.05) is 12.1 Å². The molecule has 0 spiro atoms. The van der Waals surface area contributed by atoms with E-state index in [0.717, 1.165) is 29.6 Å². The van der Waals surface area contributed by atoms with E-state index in [1.165, 1.54) is 5.56 Å². The summed E-state index contributed by atoms with van der Waals surface area (Å²) in [5.41, 5.74) is 2.15. The number of hydrogen-bond acceptors (Lipinski definition) is 4. The monoisotopic (exact) mass is 343 g/mol. The van der Waals surface area contributed by atoms with Gasteiger partial charge in [0.15, 0.2) is 0 Å². The zero-order chi connectivity index (χ0) is 14.4. The van der Waals surface area contributed by atoms with Crippen molar-refractivity contribution in [1.29, 1.82) is 0 Å². The Morgan fingerprint density at radius 2 is 2.40 bits per heavy atom. The van der Waals surface area contributed by atoms with Gasteiger partial charge < -0.3 is 19.9 Å². The number of ether oxygens (including phenoxy) is 2. The van der Waals surface area contributed by atoms with Crippen molar-refractivity contribution in [3.05, 3.63) is 28.2 Å². The van der Waals surface area contributed by atoms with Crippen LogP contribution in [0.15, 0.2) is 22.7 Å². The lowest BCUT2D eigenvalue weighted by Crippen LogP contribution is -2.27. The molecule has 112 valence electrons. The van der Waals surface area contributed by atoms with Gasteiger partial charge in [-0.25, -0.2) is 0 Å². The molecule has 0 aliphatic carbocycles. The lowest BCUT2D eigenvalue weighted by molar-refractivity contribution is -0.0137. The van der Waals surface area contributed by atoms with Gasteiger partial charge >= 0.3 is 0 Å². The third-order valence-electron chi connectivity index (χ3n) is 3.36. The van der Waals surface area contributed by atoms with Crippen LogP contribution in [0, 0.1) is 6.92 Å². The van der Waals surface area contributed by atoms with Crippen molar-refractivity contribution in [3.63, 3.8) is 0 Å². The van der Waals surface area contributed by atoms with Crippen LogP contribution >= 0.6 is 15.9 Å². The Balaban J connectivity index is 1.66. The predicted octanol–water partition coefficient (Wildman–Crippen LogP) is 2.73. The molecule has 0 saturated carbocycles. The van der Waals surface area contributed by atoms with Crippen LogP contribution in [-0.2, 0) is 9.47 Å². The van der Waals surface area contributed by atoms with E-state index in [4.69, 9.17) is 9.47 Å². The molecule has 1 aliphatic heterocycles.